The zero-order valence-electron chi connectivity index (χ0n) is 8.93. The lowest BCUT2D eigenvalue weighted by atomic mass is 10.2. The van der Waals surface area contributed by atoms with Gasteiger partial charge in [-0.2, -0.15) is 5.10 Å². The third-order valence-electron chi connectivity index (χ3n) is 1.96. The summed E-state index contributed by atoms with van der Waals surface area (Å²) in [6.07, 6.45) is 4.78. The highest BCUT2D eigenvalue weighted by atomic mass is 16.5. The molecule has 15 heavy (non-hydrogen) atoms. The number of ether oxygens (including phenoxy) is 1. The highest BCUT2D eigenvalue weighted by Gasteiger charge is 2.14. The maximum atomic E-state index is 11.2. The highest BCUT2D eigenvalue weighted by Crippen LogP contribution is 2.11. The highest BCUT2D eigenvalue weighted by molar-refractivity contribution is 5.87. The second-order valence-electron chi connectivity index (χ2n) is 3.17. The van der Waals surface area contributed by atoms with Crippen LogP contribution in [0.15, 0.2) is 25.0 Å². The van der Waals surface area contributed by atoms with Gasteiger partial charge >= 0.3 is 0 Å². The number of hydrogen-bond acceptors (Lipinski definition) is 3. The van der Waals surface area contributed by atoms with E-state index in [9.17, 15) is 4.79 Å². The first kappa shape index (κ1) is 11.5. The maximum Gasteiger partial charge on any atom is 0.243 e. The SMILES string of the molecule is C=CC(=O)NC(COC)c1cnn(C)c1. The zero-order valence-corrected chi connectivity index (χ0v) is 8.93. The van der Waals surface area contributed by atoms with E-state index in [1.807, 2.05) is 13.2 Å². The fraction of sp³-hybridized carbons (Fsp3) is 0.400. The molecule has 82 valence electrons. The lowest BCUT2D eigenvalue weighted by Gasteiger charge is -2.14. The number of carbonyl (C=O) groups is 1. The summed E-state index contributed by atoms with van der Waals surface area (Å²) in [5.74, 6) is -0.221. The molecule has 0 aliphatic carbocycles. The van der Waals surface area contributed by atoms with Crippen LogP contribution in [-0.2, 0) is 16.6 Å². The smallest absolute Gasteiger partial charge is 0.243 e. The van der Waals surface area contributed by atoms with Crippen LogP contribution in [0.4, 0.5) is 0 Å². The van der Waals surface area contributed by atoms with E-state index in [4.69, 9.17) is 4.74 Å². The van der Waals surface area contributed by atoms with Gasteiger partial charge in [0.1, 0.15) is 0 Å². The fourth-order valence-corrected chi connectivity index (χ4v) is 1.24. The molecule has 1 aromatic rings. The Morgan fingerprint density at radius 2 is 2.60 bits per heavy atom. The number of amides is 1. The Hall–Kier alpha value is -1.62. The molecule has 1 amide bonds. The molecule has 1 heterocycles. The number of methoxy groups -OCH3 is 1. The van der Waals surface area contributed by atoms with Crippen LogP contribution < -0.4 is 5.32 Å². The standard InChI is InChI=1S/C10H15N3O2/c1-4-10(14)12-9(7-15-3)8-5-11-13(2)6-8/h4-6,9H,1,7H2,2-3H3,(H,12,14). The van der Waals surface area contributed by atoms with Crippen molar-refractivity contribution >= 4 is 5.91 Å². The second-order valence-corrected chi connectivity index (χ2v) is 3.17. The van der Waals surface area contributed by atoms with Gasteiger partial charge in [0.05, 0.1) is 18.8 Å². The van der Waals surface area contributed by atoms with E-state index in [1.165, 1.54) is 6.08 Å². The number of nitrogens with one attached hydrogen (secondary N) is 1. The molecule has 0 radical (unpaired) electrons. The molecule has 0 spiro atoms. The molecular formula is C10H15N3O2. The van der Waals surface area contributed by atoms with E-state index in [2.05, 4.69) is 17.0 Å². The summed E-state index contributed by atoms with van der Waals surface area (Å²) in [5, 5.41) is 6.80. The zero-order chi connectivity index (χ0) is 11.3. The Bertz CT molecular complexity index is 346. The quantitative estimate of drug-likeness (QED) is 0.714. The van der Waals surface area contributed by atoms with E-state index in [0.717, 1.165) is 5.56 Å². The van der Waals surface area contributed by atoms with Crippen molar-refractivity contribution in [3.05, 3.63) is 30.6 Å². The van der Waals surface area contributed by atoms with Gasteiger partial charge in [0.25, 0.3) is 0 Å². The van der Waals surface area contributed by atoms with Gasteiger partial charge in [-0.15, -0.1) is 0 Å². The van der Waals surface area contributed by atoms with E-state index in [-0.39, 0.29) is 11.9 Å². The minimum Gasteiger partial charge on any atom is -0.382 e. The van der Waals surface area contributed by atoms with E-state index < -0.39 is 0 Å². The number of aryl methyl sites for hydroxylation is 1. The molecule has 1 aromatic heterocycles. The van der Waals surface area contributed by atoms with Crippen molar-refractivity contribution in [1.29, 1.82) is 0 Å². The topological polar surface area (TPSA) is 56.1 Å². The lowest BCUT2D eigenvalue weighted by Crippen LogP contribution is -2.29. The van der Waals surface area contributed by atoms with Gasteiger partial charge in [0.15, 0.2) is 0 Å². The van der Waals surface area contributed by atoms with Crippen molar-refractivity contribution in [2.45, 2.75) is 6.04 Å². The average Bonchev–Trinajstić information content (AvgIpc) is 2.64. The molecule has 5 heteroatoms. The molecule has 0 aromatic carbocycles. The molecular weight excluding hydrogens is 194 g/mol. The summed E-state index contributed by atoms with van der Waals surface area (Å²) < 4.78 is 6.71. The van der Waals surface area contributed by atoms with Crippen molar-refractivity contribution in [3.63, 3.8) is 0 Å². The number of carbonyl (C=O) groups excluding carboxylic acids is 1. The van der Waals surface area contributed by atoms with Crippen LogP contribution in [0.3, 0.4) is 0 Å². The molecule has 0 aliphatic heterocycles. The summed E-state index contributed by atoms with van der Waals surface area (Å²) in [6, 6.07) is -0.186. The van der Waals surface area contributed by atoms with Crippen LogP contribution in [0.25, 0.3) is 0 Å². The Kier molecular flexibility index (Phi) is 4.05. The van der Waals surface area contributed by atoms with Crippen LogP contribution in [-0.4, -0.2) is 29.4 Å². The summed E-state index contributed by atoms with van der Waals surface area (Å²) >= 11 is 0. The van der Waals surface area contributed by atoms with E-state index in [1.54, 1.807) is 18.0 Å². The number of rotatable bonds is 5. The summed E-state index contributed by atoms with van der Waals surface area (Å²) in [4.78, 5) is 11.2. The molecule has 1 rings (SSSR count). The molecule has 1 atom stereocenters. The Morgan fingerprint density at radius 1 is 1.87 bits per heavy atom. The first-order chi connectivity index (χ1) is 7.17. The van der Waals surface area contributed by atoms with Gasteiger partial charge < -0.3 is 10.1 Å². The molecule has 0 saturated heterocycles. The largest absolute Gasteiger partial charge is 0.382 e. The number of aromatic nitrogens is 2. The van der Waals surface area contributed by atoms with Crippen LogP contribution in [0, 0.1) is 0 Å². The van der Waals surface area contributed by atoms with Crippen LogP contribution >= 0.6 is 0 Å². The normalized spacial score (nSPS) is 12.1. The van der Waals surface area contributed by atoms with E-state index in [0.29, 0.717) is 6.61 Å². The molecule has 1 N–H and O–H groups in total. The Morgan fingerprint density at radius 3 is 3.07 bits per heavy atom. The maximum absolute atomic E-state index is 11.2. The van der Waals surface area contributed by atoms with Gasteiger partial charge in [0.2, 0.25) is 5.91 Å². The number of hydrogen-bond donors (Lipinski definition) is 1. The predicted octanol–water partition coefficient (Wildman–Crippen LogP) is 0.410. The third-order valence-corrected chi connectivity index (χ3v) is 1.96. The minimum absolute atomic E-state index is 0.186. The molecule has 5 nitrogen and oxygen atoms in total. The van der Waals surface area contributed by atoms with Crippen molar-refractivity contribution < 1.29 is 9.53 Å². The second kappa shape index (κ2) is 5.31. The van der Waals surface area contributed by atoms with Crippen LogP contribution in [0.5, 0.6) is 0 Å². The first-order valence-corrected chi connectivity index (χ1v) is 4.57. The van der Waals surface area contributed by atoms with Crippen molar-refractivity contribution in [1.82, 2.24) is 15.1 Å². The van der Waals surface area contributed by atoms with Crippen molar-refractivity contribution in [3.8, 4) is 0 Å². The molecule has 0 saturated carbocycles. The molecule has 1 unspecified atom stereocenters. The summed E-state index contributed by atoms with van der Waals surface area (Å²) in [5.41, 5.74) is 0.912. The van der Waals surface area contributed by atoms with Crippen molar-refractivity contribution in [2.24, 2.45) is 7.05 Å². The van der Waals surface area contributed by atoms with Crippen LogP contribution in [0.2, 0.25) is 0 Å². The average molecular weight is 209 g/mol. The van der Waals surface area contributed by atoms with E-state index >= 15 is 0 Å². The minimum atomic E-state index is -0.221. The molecule has 0 aliphatic rings. The summed E-state index contributed by atoms with van der Waals surface area (Å²) in [6.45, 7) is 3.81. The number of nitrogens with zero attached hydrogens (tertiary/aromatic N) is 2. The molecule has 0 bridgehead atoms. The van der Waals surface area contributed by atoms with Gasteiger partial charge in [0, 0.05) is 25.9 Å². The summed E-state index contributed by atoms with van der Waals surface area (Å²) in [7, 11) is 3.41. The van der Waals surface area contributed by atoms with Crippen molar-refractivity contribution in [2.75, 3.05) is 13.7 Å². The first-order valence-electron chi connectivity index (χ1n) is 4.57. The Labute approximate surface area is 88.7 Å². The van der Waals surface area contributed by atoms with Gasteiger partial charge in [-0.25, -0.2) is 0 Å². The monoisotopic (exact) mass is 209 g/mol. The fourth-order valence-electron chi connectivity index (χ4n) is 1.24. The van der Waals surface area contributed by atoms with Gasteiger partial charge in [-0.1, -0.05) is 6.58 Å². The third kappa shape index (κ3) is 3.21. The molecule has 0 fully saturated rings. The lowest BCUT2D eigenvalue weighted by molar-refractivity contribution is -0.117. The van der Waals surface area contributed by atoms with Gasteiger partial charge in [-0.3, -0.25) is 9.48 Å². The van der Waals surface area contributed by atoms with Crippen LogP contribution in [0.1, 0.15) is 11.6 Å². The Balaban J connectivity index is 2.73. The van der Waals surface area contributed by atoms with Gasteiger partial charge in [-0.05, 0) is 6.08 Å². The predicted molar refractivity (Wildman–Crippen MR) is 56.2 cm³/mol.